The molecule has 1 saturated heterocycles. The SMILES string of the molecule is CCNC(=NCCCCN(C)C(C)C)NC1CCN(c2c(F)cccc2F)C1.I. The van der Waals surface area contributed by atoms with Crippen LogP contribution in [-0.4, -0.2) is 62.7 Å². The van der Waals surface area contributed by atoms with Crippen molar-refractivity contribution in [3.63, 3.8) is 0 Å². The Morgan fingerprint density at radius 2 is 1.97 bits per heavy atom. The lowest BCUT2D eigenvalue weighted by molar-refractivity contribution is 0.269. The van der Waals surface area contributed by atoms with E-state index in [0.29, 0.717) is 19.1 Å². The molecule has 1 aromatic rings. The highest BCUT2D eigenvalue weighted by Gasteiger charge is 2.27. The first kappa shape index (κ1) is 25.9. The van der Waals surface area contributed by atoms with Crippen LogP contribution in [0.5, 0.6) is 0 Å². The van der Waals surface area contributed by atoms with Gasteiger partial charge in [-0.25, -0.2) is 8.78 Å². The van der Waals surface area contributed by atoms with Gasteiger partial charge in [-0.2, -0.15) is 0 Å². The van der Waals surface area contributed by atoms with Crippen LogP contribution in [0.4, 0.5) is 14.5 Å². The van der Waals surface area contributed by atoms with Crippen molar-refractivity contribution >= 4 is 35.6 Å². The molecule has 0 saturated carbocycles. The fraction of sp³-hybridized carbons (Fsp3) is 0.667. The van der Waals surface area contributed by atoms with E-state index in [-0.39, 0.29) is 35.7 Å². The third kappa shape index (κ3) is 8.24. The van der Waals surface area contributed by atoms with Gasteiger partial charge in [0.2, 0.25) is 0 Å². The fourth-order valence-corrected chi connectivity index (χ4v) is 3.31. The second-order valence-corrected chi connectivity index (χ2v) is 7.69. The normalized spacial score (nSPS) is 17.0. The second kappa shape index (κ2) is 13.2. The highest BCUT2D eigenvalue weighted by Crippen LogP contribution is 2.26. The van der Waals surface area contributed by atoms with E-state index < -0.39 is 11.6 Å². The molecule has 2 N–H and O–H groups in total. The van der Waals surface area contributed by atoms with Crippen LogP contribution in [0.3, 0.4) is 0 Å². The van der Waals surface area contributed by atoms with Crippen LogP contribution in [0.2, 0.25) is 0 Å². The van der Waals surface area contributed by atoms with Crippen molar-refractivity contribution in [2.75, 3.05) is 44.7 Å². The minimum atomic E-state index is -0.507. The molecule has 8 heteroatoms. The maximum absolute atomic E-state index is 14.0. The molecule has 2 rings (SSSR count). The summed E-state index contributed by atoms with van der Waals surface area (Å²) >= 11 is 0. The summed E-state index contributed by atoms with van der Waals surface area (Å²) in [5, 5.41) is 6.68. The van der Waals surface area contributed by atoms with E-state index in [9.17, 15) is 8.78 Å². The number of aliphatic imine (C=N–C) groups is 1. The zero-order valence-electron chi connectivity index (χ0n) is 18.0. The van der Waals surface area contributed by atoms with Gasteiger partial charge in [-0.05, 0) is 65.8 Å². The average molecular weight is 523 g/mol. The molecule has 0 amide bonds. The zero-order chi connectivity index (χ0) is 20.5. The Morgan fingerprint density at radius 3 is 2.59 bits per heavy atom. The summed E-state index contributed by atoms with van der Waals surface area (Å²) in [5.74, 6) is -0.235. The molecule has 1 heterocycles. The van der Waals surface area contributed by atoms with Gasteiger partial charge in [0, 0.05) is 38.3 Å². The number of unbranched alkanes of at least 4 members (excludes halogenated alkanes) is 1. The van der Waals surface area contributed by atoms with E-state index >= 15 is 0 Å². The lowest BCUT2D eigenvalue weighted by Crippen LogP contribution is -2.44. The molecule has 0 spiro atoms. The van der Waals surface area contributed by atoms with Gasteiger partial charge in [-0.15, -0.1) is 24.0 Å². The Balaban J connectivity index is 0.00000420. The van der Waals surface area contributed by atoms with Crippen LogP contribution in [0.15, 0.2) is 23.2 Å². The quantitative estimate of drug-likeness (QED) is 0.224. The van der Waals surface area contributed by atoms with Gasteiger partial charge in [0.05, 0.1) is 0 Å². The summed E-state index contributed by atoms with van der Waals surface area (Å²) in [4.78, 5) is 8.77. The van der Waals surface area contributed by atoms with Crippen molar-refractivity contribution in [3.8, 4) is 0 Å². The summed E-state index contributed by atoms with van der Waals surface area (Å²) < 4.78 is 28.0. The predicted molar refractivity (Wildman–Crippen MR) is 129 cm³/mol. The minimum absolute atomic E-state index is 0. The van der Waals surface area contributed by atoms with E-state index in [1.807, 2.05) is 6.92 Å². The van der Waals surface area contributed by atoms with E-state index in [1.54, 1.807) is 4.90 Å². The van der Waals surface area contributed by atoms with Gasteiger partial charge < -0.3 is 20.4 Å². The Kier molecular flexibility index (Phi) is 11.8. The summed E-state index contributed by atoms with van der Waals surface area (Å²) in [6.45, 7) is 10.2. The summed E-state index contributed by atoms with van der Waals surface area (Å²) in [6.07, 6.45) is 2.96. The first-order chi connectivity index (χ1) is 13.4. The molecule has 166 valence electrons. The second-order valence-electron chi connectivity index (χ2n) is 7.69. The number of guanidine groups is 1. The van der Waals surface area contributed by atoms with Gasteiger partial charge in [-0.3, -0.25) is 4.99 Å². The number of anilines is 1. The minimum Gasteiger partial charge on any atom is -0.365 e. The molecule has 1 fully saturated rings. The molecule has 1 aliphatic rings. The highest BCUT2D eigenvalue weighted by molar-refractivity contribution is 14.0. The molecule has 1 unspecified atom stereocenters. The molecule has 1 aromatic carbocycles. The molecule has 0 aromatic heterocycles. The highest BCUT2D eigenvalue weighted by atomic mass is 127. The van der Waals surface area contributed by atoms with Gasteiger partial charge in [0.15, 0.2) is 5.96 Å². The van der Waals surface area contributed by atoms with Crippen LogP contribution in [-0.2, 0) is 0 Å². The number of hydrogen-bond donors (Lipinski definition) is 2. The fourth-order valence-electron chi connectivity index (χ4n) is 3.31. The molecular formula is C21H36F2IN5. The summed E-state index contributed by atoms with van der Waals surface area (Å²) in [5.41, 5.74) is 0.0722. The number of hydrogen-bond acceptors (Lipinski definition) is 3. The largest absolute Gasteiger partial charge is 0.365 e. The Hall–Kier alpha value is -1.16. The molecule has 5 nitrogen and oxygen atoms in total. The first-order valence-corrected chi connectivity index (χ1v) is 10.4. The van der Waals surface area contributed by atoms with Crippen molar-refractivity contribution in [1.29, 1.82) is 0 Å². The van der Waals surface area contributed by atoms with E-state index in [0.717, 1.165) is 44.9 Å². The first-order valence-electron chi connectivity index (χ1n) is 10.4. The predicted octanol–water partition coefficient (Wildman–Crippen LogP) is 3.84. The number of para-hydroxylation sites is 1. The molecule has 0 bridgehead atoms. The molecular weight excluding hydrogens is 487 g/mol. The van der Waals surface area contributed by atoms with E-state index in [1.165, 1.54) is 18.2 Å². The summed E-state index contributed by atoms with van der Waals surface area (Å²) in [6, 6.07) is 4.69. The lowest BCUT2D eigenvalue weighted by Gasteiger charge is -2.21. The Bertz CT molecular complexity index is 621. The molecule has 0 aliphatic carbocycles. The smallest absolute Gasteiger partial charge is 0.191 e. The number of nitrogens with zero attached hydrogens (tertiary/aromatic N) is 3. The standard InChI is InChI=1S/C21H35F2N5.HI/c1-5-24-21(25-12-6-7-13-27(4)16(2)3)26-17-11-14-28(15-17)20-18(22)9-8-10-19(20)23;/h8-10,16-17H,5-7,11-15H2,1-4H3,(H2,24,25,26);1H. The zero-order valence-corrected chi connectivity index (χ0v) is 20.4. The van der Waals surface area contributed by atoms with Crippen molar-refractivity contribution in [2.24, 2.45) is 4.99 Å². The molecule has 1 atom stereocenters. The maximum atomic E-state index is 14.0. The number of benzene rings is 1. The van der Waals surface area contributed by atoms with Crippen molar-refractivity contribution < 1.29 is 8.78 Å². The molecule has 29 heavy (non-hydrogen) atoms. The van der Waals surface area contributed by atoms with Gasteiger partial charge in [0.25, 0.3) is 0 Å². The van der Waals surface area contributed by atoms with Crippen LogP contribution in [0.1, 0.15) is 40.0 Å². The number of rotatable bonds is 9. The lowest BCUT2D eigenvalue weighted by atomic mass is 10.2. The number of halogens is 3. The maximum Gasteiger partial charge on any atom is 0.191 e. The van der Waals surface area contributed by atoms with Gasteiger partial charge in [-0.1, -0.05) is 6.07 Å². The van der Waals surface area contributed by atoms with E-state index in [2.05, 4.69) is 41.4 Å². The van der Waals surface area contributed by atoms with Crippen molar-refractivity contribution in [3.05, 3.63) is 29.8 Å². The van der Waals surface area contributed by atoms with Crippen LogP contribution in [0.25, 0.3) is 0 Å². The summed E-state index contributed by atoms with van der Waals surface area (Å²) in [7, 11) is 2.14. The van der Waals surface area contributed by atoms with Crippen LogP contribution >= 0.6 is 24.0 Å². The van der Waals surface area contributed by atoms with Gasteiger partial charge in [0.1, 0.15) is 17.3 Å². The third-order valence-electron chi connectivity index (χ3n) is 5.20. The van der Waals surface area contributed by atoms with E-state index in [4.69, 9.17) is 0 Å². The molecule has 1 aliphatic heterocycles. The van der Waals surface area contributed by atoms with Gasteiger partial charge >= 0.3 is 0 Å². The Labute approximate surface area is 191 Å². The van der Waals surface area contributed by atoms with Crippen molar-refractivity contribution in [1.82, 2.24) is 15.5 Å². The Morgan fingerprint density at radius 1 is 1.28 bits per heavy atom. The topological polar surface area (TPSA) is 42.9 Å². The number of nitrogens with one attached hydrogen (secondary N) is 2. The average Bonchev–Trinajstić information content (AvgIpc) is 3.09. The van der Waals surface area contributed by atoms with Crippen LogP contribution < -0.4 is 15.5 Å². The molecule has 0 radical (unpaired) electrons. The monoisotopic (exact) mass is 523 g/mol. The van der Waals surface area contributed by atoms with Crippen LogP contribution in [0, 0.1) is 11.6 Å². The van der Waals surface area contributed by atoms with Crippen molar-refractivity contribution in [2.45, 2.75) is 52.1 Å². The third-order valence-corrected chi connectivity index (χ3v) is 5.20.